The van der Waals surface area contributed by atoms with Crippen LogP contribution in [-0.4, -0.2) is 43.2 Å². The minimum atomic E-state index is 0.319. The molecular formula is C28H30N4. The first-order chi connectivity index (χ1) is 15.8. The topological polar surface area (TPSA) is 42.3 Å². The minimum absolute atomic E-state index is 0.319. The molecule has 0 radical (unpaired) electrons. The van der Waals surface area contributed by atoms with Gasteiger partial charge in [-0.3, -0.25) is 4.90 Å². The Hall–Kier alpha value is -3.13. The van der Waals surface area contributed by atoms with Gasteiger partial charge in [0.05, 0.1) is 17.3 Å². The molecule has 0 unspecified atom stereocenters. The summed E-state index contributed by atoms with van der Waals surface area (Å²) in [5.41, 5.74) is 4.58. The van der Waals surface area contributed by atoms with E-state index in [1.165, 1.54) is 11.1 Å². The van der Waals surface area contributed by atoms with Crippen molar-refractivity contribution >= 4 is 5.69 Å². The molecule has 3 aromatic carbocycles. The molecule has 5 rings (SSSR count). The highest BCUT2D eigenvalue weighted by Crippen LogP contribution is 2.32. The molecule has 0 bridgehead atoms. The van der Waals surface area contributed by atoms with Crippen LogP contribution in [0.25, 0.3) is 0 Å². The second-order valence-electron chi connectivity index (χ2n) is 8.93. The van der Waals surface area contributed by atoms with Crippen LogP contribution in [0.15, 0.2) is 84.9 Å². The van der Waals surface area contributed by atoms with Crippen molar-refractivity contribution in [3.63, 3.8) is 0 Å². The molecule has 32 heavy (non-hydrogen) atoms. The summed E-state index contributed by atoms with van der Waals surface area (Å²) >= 11 is 0. The van der Waals surface area contributed by atoms with Crippen molar-refractivity contribution in [1.82, 2.24) is 10.2 Å². The molecule has 2 aliphatic heterocycles. The summed E-state index contributed by atoms with van der Waals surface area (Å²) in [7, 11) is 0. The van der Waals surface area contributed by atoms with Crippen LogP contribution in [0.5, 0.6) is 0 Å². The Kier molecular flexibility index (Phi) is 6.20. The molecule has 0 saturated carbocycles. The Morgan fingerprint density at radius 3 is 1.91 bits per heavy atom. The van der Waals surface area contributed by atoms with Gasteiger partial charge in [0.15, 0.2) is 0 Å². The Morgan fingerprint density at radius 2 is 1.31 bits per heavy atom. The molecule has 2 saturated heterocycles. The molecule has 0 aromatic heterocycles. The number of hydrogen-bond acceptors (Lipinski definition) is 4. The largest absolute Gasteiger partial charge is 0.370 e. The molecule has 0 atom stereocenters. The van der Waals surface area contributed by atoms with Gasteiger partial charge in [0.2, 0.25) is 0 Å². The van der Waals surface area contributed by atoms with Gasteiger partial charge in [-0.15, -0.1) is 0 Å². The number of nitrogens with zero attached hydrogens (tertiary/aromatic N) is 3. The van der Waals surface area contributed by atoms with E-state index < -0.39 is 0 Å². The van der Waals surface area contributed by atoms with Crippen LogP contribution in [-0.2, 0) is 0 Å². The summed E-state index contributed by atoms with van der Waals surface area (Å²) in [6.07, 6.45) is 2.24. The predicted molar refractivity (Wildman–Crippen MR) is 130 cm³/mol. The number of likely N-dealkylation sites (tertiary alicyclic amines) is 1. The Labute approximate surface area is 191 Å². The number of nitrogens with one attached hydrogen (secondary N) is 1. The summed E-state index contributed by atoms with van der Waals surface area (Å²) in [6.45, 7) is 4.16. The summed E-state index contributed by atoms with van der Waals surface area (Å²) in [5.74, 6) is 0. The van der Waals surface area contributed by atoms with Gasteiger partial charge in [0, 0.05) is 38.3 Å². The third-order valence-electron chi connectivity index (χ3n) is 6.84. The van der Waals surface area contributed by atoms with Crippen molar-refractivity contribution in [3.8, 4) is 6.07 Å². The lowest BCUT2D eigenvalue weighted by molar-refractivity contribution is 0.0836. The first-order valence-electron chi connectivity index (χ1n) is 11.7. The number of benzene rings is 3. The number of anilines is 1. The zero-order chi connectivity index (χ0) is 21.8. The van der Waals surface area contributed by atoms with Crippen LogP contribution >= 0.6 is 0 Å². The first kappa shape index (κ1) is 20.8. The van der Waals surface area contributed by atoms with Crippen molar-refractivity contribution in [2.45, 2.75) is 31.0 Å². The highest BCUT2D eigenvalue weighted by atomic mass is 15.3. The van der Waals surface area contributed by atoms with Crippen molar-refractivity contribution in [3.05, 3.63) is 102 Å². The molecule has 0 aliphatic carbocycles. The number of hydrogen-bond donors (Lipinski definition) is 1. The van der Waals surface area contributed by atoms with E-state index in [9.17, 15) is 5.26 Å². The fourth-order valence-corrected chi connectivity index (χ4v) is 5.18. The van der Waals surface area contributed by atoms with Crippen LogP contribution in [0, 0.1) is 11.3 Å². The first-order valence-corrected chi connectivity index (χ1v) is 11.7. The normalized spacial score (nSPS) is 17.8. The molecule has 4 nitrogen and oxygen atoms in total. The Morgan fingerprint density at radius 1 is 0.750 bits per heavy atom. The van der Waals surface area contributed by atoms with E-state index in [1.54, 1.807) is 0 Å². The third-order valence-corrected chi connectivity index (χ3v) is 6.84. The number of rotatable bonds is 6. The van der Waals surface area contributed by atoms with Gasteiger partial charge in [-0.05, 0) is 36.1 Å². The lowest BCUT2D eigenvalue weighted by Gasteiger charge is -2.47. The van der Waals surface area contributed by atoms with Gasteiger partial charge >= 0.3 is 0 Å². The maximum atomic E-state index is 9.40. The van der Waals surface area contributed by atoms with E-state index in [4.69, 9.17) is 0 Å². The van der Waals surface area contributed by atoms with Gasteiger partial charge < -0.3 is 10.2 Å². The molecule has 2 heterocycles. The van der Waals surface area contributed by atoms with Crippen LogP contribution in [0.1, 0.15) is 35.6 Å². The van der Waals surface area contributed by atoms with Gasteiger partial charge in [-0.2, -0.15) is 5.26 Å². The minimum Gasteiger partial charge on any atom is -0.370 e. The van der Waals surface area contributed by atoms with Crippen LogP contribution < -0.4 is 10.2 Å². The monoisotopic (exact) mass is 422 g/mol. The summed E-state index contributed by atoms with van der Waals surface area (Å²) in [6, 6.07) is 33.4. The molecule has 1 N–H and O–H groups in total. The van der Waals surface area contributed by atoms with Gasteiger partial charge in [-0.25, -0.2) is 0 Å². The average Bonchev–Trinajstić information content (AvgIpc) is 2.84. The van der Waals surface area contributed by atoms with Gasteiger partial charge in [0.25, 0.3) is 0 Å². The van der Waals surface area contributed by atoms with E-state index in [0.717, 1.165) is 50.3 Å². The van der Waals surface area contributed by atoms with Crippen LogP contribution in [0.2, 0.25) is 0 Å². The fourth-order valence-electron chi connectivity index (χ4n) is 5.18. The predicted octanol–water partition coefficient (Wildman–Crippen LogP) is 4.59. The van der Waals surface area contributed by atoms with Crippen molar-refractivity contribution in [1.29, 1.82) is 5.26 Å². The SMILES string of the molecule is N#Cc1ccccc1N1CCC(NC2CN(C(c3ccccc3)c3ccccc3)C2)CC1. The van der Waals surface area contributed by atoms with Crippen molar-refractivity contribution in [2.75, 3.05) is 31.1 Å². The third kappa shape index (κ3) is 4.41. The molecular weight excluding hydrogens is 392 g/mol. The van der Waals surface area contributed by atoms with Gasteiger partial charge in [-0.1, -0.05) is 72.8 Å². The fraction of sp³-hybridized carbons (Fsp3) is 0.321. The van der Waals surface area contributed by atoms with Gasteiger partial charge in [0.1, 0.15) is 6.07 Å². The lowest BCUT2D eigenvalue weighted by Crippen LogP contribution is -2.61. The standard InChI is InChI=1S/C28H30N4/c29-19-24-13-7-8-14-27(24)31-17-15-25(16-18-31)30-26-20-32(21-26)28(22-9-3-1-4-10-22)23-11-5-2-6-12-23/h1-14,25-26,28,30H,15-18,20-21H2. The quantitative estimate of drug-likeness (QED) is 0.631. The smallest absolute Gasteiger partial charge is 0.101 e. The van der Waals surface area contributed by atoms with E-state index in [0.29, 0.717) is 18.1 Å². The Bertz CT molecular complexity index is 1010. The maximum absolute atomic E-state index is 9.40. The molecule has 0 spiro atoms. The molecule has 3 aromatic rings. The summed E-state index contributed by atoms with van der Waals surface area (Å²) in [5, 5.41) is 13.3. The molecule has 162 valence electrons. The van der Waals surface area contributed by atoms with Crippen LogP contribution in [0.4, 0.5) is 5.69 Å². The number of para-hydroxylation sites is 1. The highest BCUT2D eigenvalue weighted by molar-refractivity contribution is 5.59. The second-order valence-corrected chi connectivity index (χ2v) is 8.93. The van der Waals surface area contributed by atoms with E-state index in [2.05, 4.69) is 87.9 Å². The molecule has 2 aliphatic rings. The van der Waals surface area contributed by atoms with E-state index in [-0.39, 0.29) is 0 Å². The highest BCUT2D eigenvalue weighted by Gasteiger charge is 2.35. The van der Waals surface area contributed by atoms with Crippen molar-refractivity contribution in [2.24, 2.45) is 0 Å². The summed E-state index contributed by atoms with van der Waals surface area (Å²) < 4.78 is 0. The summed E-state index contributed by atoms with van der Waals surface area (Å²) in [4.78, 5) is 4.95. The van der Waals surface area contributed by atoms with E-state index in [1.807, 2.05) is 18.2 Å². The number of piperidine rings is 1. The molecule has 0 amide bonds. The second kappa shape index (κ2) is 9.56. The average molecular weight is 423 g/mol. The zero-order valence-electron chi connectivity index (χ0n) is 18.4. The van der Waals surface area contributed by atoms with Crippen LogP contribution in [0.3, 0.4) is 0 Å². The molecule has 4 heteroatoms. The number of nitriles is 1. The van der Waals surface area contributed by atoms with E-state index >= 15 is 0 Å². The maximum Gasteiger partial charge on any atom is 0.101 e. The zero-order valence-corrected chi connectivity index (χ0v) is 18.4. The molecule has 2 fully saturated rings. The van der Waals surface area contributed by atoms with Crippen molar-refractivity contribution < 1.29 is 0 Å². The lowest BCUT2D eigenvalue weighted by atomic mass is 9.92. The Balaban J connectivity index is 1.17.